The highest BCUT2D eigenvalue weighted by Gasteiger charge is 2.19. The van der Waals surface area contributed by atoms with Crippen molar-refractivity contribution in [3.63, 3.8) is 0 Å². The fourth-order valence-electron chi connectivity index (χ4n) is 7.25. The molecule has 66 heavy (non-hydrogen) atoms. The second-order valence-electron chi connectivity index (χ2n) is 17.8. The molecule has 0 N–H and O–H groups in total. The molecule has 0 aliphatic heterocycles. The van der Waals surface area contributed by atoms with Gasteiger partial charge < -0.3 is 14.2 Å². The van der Waals surface area contributed by atoms with Gasteiger partial charge in [-0.25, -0.2) is 0 Å². The lowest BCUT2D eigenvalue weighted by Crippen LogP contribution is -2.30. The lowest BCUT2D eigenvalue weighted by atomic mass is 10.0. The van der Waals surface area contributed by atoms with Gasteiger partial charge >= 0.3 is 17.9 Å². The molecule has 6 heteroatoms. The summed E-state index contributed by atoms with van der Waals surface area (Å²) in [7, 11) is 0. The third-order valence-corrected chi connectivity index (χ3v) is 11.3. The van der Waals surface area contributed by atoms with Crippen LogP contribution in [-0.4, -0.2) is 37.2 Å². The molecule has 0 fully saturated rings. The Morgan fingerprint density at radius 1 is 0.318 bits per heavy atom. The highest BCUT2D eigenvalue weighted by Crippen LogP contribution is 2.15. The number of allylic oxidation sites excluding steroid dienone is 16. The summed E-state index contributed by atoms with van der Waals surface area (Å²) in [5.41, 5.74) is 0. The van der Waals surface area contributed by atoms with Crippen molar-refractivity contribution in [2.75, 3.05) is 13.2 Å². The van der Waals surface area contributed by atoms with E-state index in [1.165, 1.54) is 96.3 Å². The molecule has 0 unspecified atom stereocenters. The first-order valence-corrected chi connectivity index (χ1v) is 27.2. The summed E-state index contributed by atoms with van der Waals surface area (Å²) in [5, 5.41) is 0. The van der Waals surface area contributed by atoms with E-state index < -0.39 is 6.10 Å². The number of hydrogen-bond donors (Lipinski definition) is 0. The van der Waals surface area contributed by atoms with E-state index in [-0.39, 0.29) is 37.5 Å². The van der Waals surface area contributed by atoms with Gasteiger partial charge in [0.15, 0.2) is 6.10 Å². The first-order chi connectivity index (χ1) is 32.5. The highest BCUT2D eigenvalue weighted by molar-refractivity contribution is 5.71. The van der Waals surface area contributed by atoms with Crippen LogP contribution in [0.4, 0.5) is 0 Å². The average molecular weight is 917 g/mol. The zero-order valence-electron chi connectivity index (χ0n) is 42.9. The Bertz CT molecular complexity index is 1330. The van der Waals surface area contributed by atoms with Crippen molar-refractivity contribution in [2.45, 2.75) is 252 Å². The Morgan fingerprint density at radius 2 is 0.606 bits per heavy atom. The Kier molecular flexibility index (Phi) is 50.9. The maximum Gasteiger partial charge on any atom is 0.306 e. The second-order valence-corrected chi connectivity index (χ2v) is 17.8. The quantitative estimate of drug-likeness (QED) is 0.0262. The maximum atomic E-state index is 12.8. The zero-order valence-corrected chi connectivity index (χ0v) is 42.9. The Labute approximate surface area is 407 Å². The molecule has 0 heterocycles. The van der Waals surface area contributed by atoms with Crippen LogP contribution in [0.2, 0.25) is 0 Å². The molecule has 0 aliphatic carbocycles. The van der Waals surface area contributed by atoms with Gasteiger partial charge in [0, 0.05) is 19.3 Å². The molecule has 0 amide bonds. The molecule has 6 nitrogen and oxygen atoms in total. The van der Waals surface area contributed by atoms with Crippen molar-refractivity contribution in [3.8, 4) is 0 Å². The van der Waals surface area contributed by atoms with Crippen molar-refractivity contribution in [1.29, 1.82) is 0 Å². The molecule has 1 atom stereocenters. The van der Waals surface area contributed by atoms with E-state index in [9.17, 15) is 14.4 Å². The largest absolute Gasteiger partial charge is 0.462 e. The fourth-order valence-corrected chi connectivity index (χ4v) is 7.25. The van der Waals surface area contributed by atoms with Crippen LogP contribution in [-0.2, 0) is 28.6 Å². The van der Waals surface area contributed by atoms with Crippen molar-refractivity contribution < 1.29 is 28.6 Å². The first-order valence-electron chi connectivity index (χ1n) is 27.2. The summed E-state index contributed by atoms with van der Waals surface area (Å²) in [6, 6.07) is 0. The average Bonchev–Trinajstić information content (AvgIpc) is 3.31. The molecule has 0 aromatic rings. The summed E-state index contributed by atoms with van der Waals surface area (Å²) in [5.74, 6) is -0.985. The summed E-state index contributed by atoms with van der Waals surface area (Å²) in [4.78, 5) is 38.1. The van der Waals surface area contributed by atoms with E-state index in [4.69, 9.17) is 14.2 Å². The summed E-state index contributed by atoms with van der Waals surface area (Å²) in [6.07, 6.45) is 71.1. The number of rotatable bonds is 48. The zero-order chi connectivity index (χ0) is 47.9. The van der Waals surface area contributed by atoms with Gasteiger partial charge in [0.05, 0.1) is 0 Å². The molecule has 376 valence electrons. The van der Waals surface area contributed by atoms with Gasteiger partial charge in [-0.3, -0.25) is 14.4 Å². The van der Waals surface area contributed by atoms with Gasteiger partial charge in [-0.1, -0.05) is 227 Å². The van der Waals surface area contributed by atoms with E-state index >= 15 is 0 Å². The van der Waals surface area contributed by atoms with Gasteiger partial charge in [0.2, 0.25) is 0 Å². The molecule has 0 saturated carbocycles. The molecule has 0 bridgehead atoms. The number of carbonyl (C=O) groups is 3. The molecular weight excluding hydrogens is 817 g/mol. The smallest absolute Gasteiger partial charge is 0.306 e. The minimum Gasteiger partial charge on any atom is -0.462 e. The van der Waals surface area contributed by atoms with Crippen molar-refractivity contribution in [2.24, 2.45) is 0 Å². The summed E-state index contributed by atoms with van der Waals surface area (Å²) < 4.78 is 16.8. The Balaban J connectivity index is 4.52. The van der Waals surface area contributed by atoms with E-state index in [1.54, 1.807) is 0 Å². The molecule has 0 aromatic carbocycles. The van der Waals surface area contributed by atoms with Crippen molar-refractivity contribution >= 4 is 17.9 Å². The van der Waals surface area contributed by atoms with Crippen LogP contribution in [0.5, 0.6) is 0 Å². The normalized spacial score (nSPS) is 12.8. The van der Waals surface area contributed by atoms with Crippen LogP contribution < -0.4 is 0 Å². The molecule has 0 radical (unpaired) electrons. The Hall–Kier alpha value is -3.67. The van der Waals surface area contributed by atoms with Crippen LogP contribution in [0.3, 0.4) is 0 Å². The molecular formula is C60H100O6. The third kappa shape index (κ3) is 51.3. The lowest BCUT2D eigenvalue weighted by Gasteiger charge is -2.18. The van der Waals surface area contributed by atoms with Crippen LogP contribution in [0.25, 0.3) is 0 Å². The molecule has 0 rings (SSSR count). The number of ether oxygens (including phenoxy) is 3. The number of carbonyl (C=O) groups excluding carboxylic acids is 3. The van der Waals surface area contributed by atoms with E-state index in [0.717, 1.165) is 103 Å². The first kappa shape index (κ1) is 62.3. The monoisotopic (exact) mass is 917 g/mol. The van der Waals surface area contributed by atoms with E-state index in [2.05, 4.69) is 118 Å². The van der Waals surface area contributed by atoms with Gasteiger partial charge in [0.1, 0.15) is 13.2 Å². The molecule has 0 saturated heterocycles. The van der Waals surface area contributed by atoms with Crippen molar-refractivity contribution in [3.05, 3.63) is 97.2 Å². The summed E-state index contributed by atoms with van der Waals surface area (Å²) >= 11 is 0. The minimum absolute atomic E-state index is 0.103. The van der Waals surface area contributed by atoms with E-state index in [0.29, 0.717) is 19.3 Å². The lowest BCUT2D eigenvalue weighted by molar-refractivity contribution is -0.167. The molecule has 0 spiro atoms. The third-order valence-electron chi connectivity index (χ3n) is 11.3. The van der Waals surface area contributed by atoms with E-state index in [1.807, 2.05) is 0 Å². The summed E-state index contributed by atoms with van der Waals surface area (Å²) in [6.45, 7) is 6.43. The van der Waals surface area contributed by atoms with Gasteiger partial charge in [-0.05, 0) is 96.3 Å². The van der Waals surface area contributed by atoms with Crippen LogP contribution >= 0.6 is 0 Å². The van der Waals surface area contributed by atoms with Crippen LogP contribution in [0.15, 0.2) is 97.2 Å². The standard InChI is InChI=1S/C60H100O6/c1-4-7-10-13-16-19-22-25-28-30-32-35-38-41-44-47-50-53-59(62)65-56-57(55-64-58(61)52-49-46-43-40-37-34-27-24-21-18-15-12-9-6-3)66-60(63)54-51-48-45-42-39-36-33-31-29-26-23-20-17-14-11-8-5-2/h7,10,16-17,19-20,25-26,28-29,32-33,35-36,41,44,57H,4-6,8-9,11-15,18,21-24,27,30-31,34,37-40,42-43,45-56H2,1-3H3/b10-7+,19-16+,20-17+,28-25+,29-26+,35-32+,36-33+,44-41+/t57-/m1/s1. The number of hydrogen-bond acceptors (Lipinski definition) is 6. The predicted molar refractivity (Wildman–Crippen MR) is 284 cm³/mol. The van der Waals surface area contributed by atoms with Gasteiger partial charge in [-0.15, -0.1) is 0 Å². The molecule has 0 aromatic heterocycles. The Morgan fingerprint density at radius 3 is 1.02 bits per heavy atom. The topological polar surface area (TPSA) is 78.9 Å². The van der Waals surface area contributed by atoms with Gasteiger partial charge in [-0.2, -0.15) is 0 Å². The molecule has 0 aliphatic rings. The van der Waals surface area contributed by atoms with Crippen LogP contribution in [0.1, 0.15) is 245 Å². The van der Waals surface area contributed by atoms with Crippen molar-refractivity contribution in [1.82, 2.24) is 0 Å². The second kappa shape index (κ2) is 53.9. The number of esters is 3. The maximum absolute atomic E-state index is 12.8. The predicted octanol–water partition coefficient (Wildman–Crippen LogP) is 18.1. The van der Waals surface area contributed by atoms with Crippen LogP contribution in [0, 0.1) is 0 Å². The minimum atomic E-state index is -0.811. The highest BCUT2D eigenvalue weighted by atomic mass is 16.6. The van der Waals surface area contributed by atoms with Gasteiger partial charge in [0.25, 0.3) is 0 Å². The SMILES string of the molecule is CC/C=C/C/C=C/C/C=C/C/C=C/C/C=C/CCCC(=O)OC[C@@H](COC(=O)CCCCCCCCCCCCCCCC)OC(=O)CCCCCC/C=C/C/C=C/C/C=C/CCCCC. The number of unbranched alkanes of at least 4 members (excludes halogenated alkanes) is 21. The fraction of sp³-hybridized carbons (Fsp3) is 0.683.